The number of nitrogens with two attached hydrogens (primary N) is 1. The summed E-state index contributed by atoms with van der Waals surface area (Å²) in [5, 5.41) is 0. The van der Waals surface area contributed by atoms with E-state index in [4.69, 9.17) is 5.73 Å². The number of hydrogen-bond donors (Lipinski definition) is 1. The van der Waals surface area contributed by atoms with E-state index in [0.29, 0.717) is 6.54 Å². The summed E-state index contributed by atoms with van der Waals surface area (Å²) in [6, 6.07) is -0.352. The minimum Gasteiger partial charge on any atom is -0.340 e. The average molecular weight is 184 g/mol. The van der Waals surface area contributed by atoms with Gasteiger partial charge in [0.1, 0.15) is 0 Å². The molecule has 0 aromatic heterocycles. The molecule has 0 aromatic rings. The van der Waals surface area contributed by atoms with Gasteiger partial charge in [-0.15, -0.1) is 0 Å². The topological polar surface area (TPSA) is 46.3 Å². The van der Waals surface area contributed by atoms with Crippen LogP contribution in [0.5, 0.6) is 0 Å². The van der Waals surface area contributed by atoms with Crippen LogP contribution in [0.1, 0.15) is 26.7 Å². The highest BCUT2D eigenvalue weighted by Gasteiger charge is 2.16. The van der Waals surface area contributed by atoms with Gasteiger partial charge in [0.05, 0.1) is 6.04 Å². The highest BCUT2D eigenvalue weighted by atomic mass is 16.2. The predicted octanol–water partition coefficient (Wildman–Crippen LogP) is 1.15. The van der Waals surface area contributed by atoms with Crippen LogP contribution in [-0.2, 0) is 4.79 Å². The van der Waals surface area contributed by atoms with Crippen LogP contribution in [0.4, 0.5) is 0 Å². The van der Waals surface area contributed by atoms with Crippen molar-refractivity contribution in [2.45, 2.75) is 32.7 Å². The van der Waals surface area contributed by atoms with Gasteiger partial charge in [0.2, 0.25) is 5.91 Å². The molecule has 76 valence electrons. The maximum atomic E-state index is 11.5. The normalized spacial score (nSPS) is 12.3. The van der Waals surface area contributed by atoms with Gasteiger partial charge >= 0.3 is 0 Å². The summed E-state index contributed by atoms with van der Waals surface area (Å²) in [5.41, 5.74) is 6.66. The minimum atomic E-state index is -0.352. The Balaban J connectivity index is 4.01. The molecule has 0 saturated heterocycles. The van der Waals surface area contributed by atoms with Gasteiger partial charge in [0, 0.05) is 13.6 Å². The van der Waals surface area contributed by atoms with Gasteiger partial charge in [-0.3, -0.25) is 4.79 Å². The second-order valence-electron chi connectivity index (χ2n) is 3.55. The Hall–Kier alpha value is -0.830. The molecule has 0 aliphatic carbocycles. The van der Waals surface area contributed by atoms with E-state index in [-0.39, 0.29) is 11.9 Å². The molecule has 0 aliphatic rings. The zero-order valence-electron chi connectivity index (χ0n) is 8.84. The zero-order chi connectivity index (χ0) is 10.4. The summed E-state index contributed by atoms with van der Waals surface area (Å²) in [5.74, 6) is 0.00449. The van der Waals surface area contributed by atoms with E-state index < -0.39 is 0 Å². The second-order valence-corrected chi connectivity index (χ2v) is 3.55. The molecule has 0 rings (SSSR count). The number of rotatable bonds is 5. The Morgan fingerprint density at radius 2 is 2.15 bits per heavy atom. The van der Waals surface area contributed by atoms with E-state index >= 15 is 0 Å². The van der Waals surface area contributed by atoms with Crippen molar-refractivity contribution in [3.63, 3.8) is 0 Å². The summed E-state index contributed by atoms with van der Waals surface area (Å²) in [6.45, 7) is 8.26. The summed E-state index contributed by atoms with van der Waals surface area (Å²) >= 11 is 0. The third-order valence-electron chi connectivity index (χ3n) is 1.80. The number of hydrogen-bond acceptors (Lipinski definition) is 2. The van der Waals surface area contributed by atoms with Gasteiger partial charge in [0.25, 0.3) is 0 Å². The summed E-state index contributed by atoms with van der Waals surface area (Å²) in [6.07, 6.45) is 1.69. The standard InChI is InChI=1S/C10H20N2O/c1-5-6-9(11)10(13)12(4)7-8(2)3/h9H,2,5-7,11H2,1,3-4H3/t9-/m0/s1. The predicted molar refractivity (Wildman–Crippen MR) is 55.3 cm³/mol. The van der Waals surface area contributed by atoms with Crippen molar-refractivity contribution in [1.29, 1.82) is 0 Å². The van der Waals surface area contributed by atoms with Gasteiger partial charge in [-0.2, -0.15) is 0 Å². The lowest BCUT2D eigenvalue weighted by Crippen LogP contribution is -2.42. The van der Waals surface area contributed by atoms with E-state index in [1.54, 1.807) is 11.9 Å². The van der Waals surface area contributed by atoms with E-state index in [0.717, 1.165) is 18.4 Å². The molecule has 0 saturated carbocycles. The molecule has 1 amide bonds. The van der Waals surface area contributed by atoms with Crippen molar-refractivity contribution < 1.29 is 4.79 Å². The number of amides is 1. The molecule has 3 nitrogen and oxygen atoms in total. The first-order chi connectivity index (χ1) is 5.99. The van der Waals surface area contributed by atoms with Crippen LogP contribution >= 0.6 is 0 Å². The van der Waals surface area contributed by atoms with E-state index in [1.807, 2.05) is 13.8 Å². The number of carbonyl (C=O) groups is 1. The van der Waals surface area contributed by atoms with Crippen LogP contribution in [0.25, 0.3) is 0 Å². The fourth-order valence-electron chi connectivity index (χ4n) is 1.20. The van der Waals surface area contributed by atoms with Crippen LogP contribution in [0, 0.1) is 0 Å². The molecular weight excluding hydrogens is 164 g/mol. The smallest absolute Gasteiger partial charge is 0.239 e. The Morgan fingerprint density at radius 1 is 1.62 bits per heavy atom. The molecule has 0 spiro atoms. The number of carbonyl (C=O) groups excluding carboxylic acids is 1. The fourth-order valence-corrected chi connectivity index (χ4v) is 1.20. The molecule has 0 radical (unpaired) electrons. The summed E-state index contributed by atoms with van der Waals surface area (Å²) in [4.78, 5) is 13.2. The SMILES string of the molecule is C=C(C)CN(C)C(=O)[C@@H](N)CCC. The number of likely N-dealkylation sites (N-methyl/N-ethyl adjacent to an activating group) is 1. The molecule has 0 aliphatic heterocycles. The summed E-state index contributed by atoms with van der Waals surface area (Å²) in [7, 11) is 1.76. The monoisotopic (exact) mass is 184 g/mol. The van der Waals surface area contributed by atoms with Crippen molar-refractivity contribution in [1.82, 2.24) is 4.90 Å². The minimum absolute atomic E-state index is 0.00449. The van der Waals surface area contributed by atoms with Gasteiger partial charge in [-0.25, -0.2) is 0 Å². The fraction of sp³-hybridized carbons (Fsp3) is 0.700. The lowest BCUT2D eigenvalue weighted by atomic mass is 10.1. The first-order valence-electron chi connectivity index (χ1n) is 4.64. The molecule has 0 bridgehead atoms. The highest BCUT2D eigenvalue weighted by Crippen LogP contribution is 2.00. The van der Waals surface area contributed by atoms with Crippen molar-refractivity contribution in [2.75, 3.05) is 13.6 Å². The van der Waals surface area contributed by atoms with Crippen LogP contribution in [0.3, 0.4) is 0 Å². The Morgan fingerprint density at radius 3 is 2.54 bits per heavy atom. The average Bonchev–Trinajstić information content (AvgIpc) is 2.02. The van der Waals surface area contributed by atoms with E-state index in [1.165, 1.54) is 0 Å². The van der Waals surface area contributed by atoms with E-state index in [9.17, 15) is 4.79 Å². The third kappa shape index (κ3) is 4.68. The quantitative estimate of drug-likeness (QED) is 0.651. The largest absolute Gasteiger partial charge is 0.340 e. The van der Waals surface area contributed by atoms with Crippen LogP contribution < -0.4 is 5.73 Å². The molecule has 0 aromatic carbocycles. The van der Waals surface area contributed by atoms with Crippen molar-refractivity contribution in [3.05, 3.63) is 12.2 Å². The maximum Gasteiger partial charge on any atom is 0.239 e. The molecule has 2 N–H and O–H groups in total. The molecule has 3 heteroatoms. The Kier molecular flexibility index (Phi) is 5.39. The number of nitrogens with zero attached hydrogens (tertiary/aromatic N) is 1. The Bertz CT molecular complexity index is 189. The second kappa shape index (κ2) is 5.75. The van der Waals surface area contributed by atoms with Crippen molar-refractivity contribution in [3.8, 4) is 0 Å². The third-order valence-corrected chi connectivity index (χ3v) is 1.80. The molecule has 0 fully saturated rings. The van der Waals surface area contributed by atoms with Crippen LogP contribution in [0.2, 0.25) is 0 Å². The van der Waals surface area contributed by atoms with Crippen LogP contribution in [-0.4, -0.2) is 30.4 Å². The zero-order valence-corrected chi connectivity index (χ0v) is 8.84. The molecule has 1 atom stereocenters. The molecule has 0 heterocycles. The molecular formula is C10H20N2O. The van der Waals surface area contributed by atoms with Gasteiger partial charge in [-0.1, -0.05) is 25.5 Å². The van der Waals surface area contributed by atoms with Gasteiger partial charge in [0.15, 0.2) is 0 Å². The van der Waals surface area contributed by atoms with Crippen molar-refractivity contribution in [2.24, 2.45) is 5.73 Å². The maximum absolute atomic E-state index is 11.5. The Labute approximate surface area is 80.6 Å². The lowest BCUT2D eigenvalue weighted by molar-refractivity contribution is -0.131. The van der Waals surface area contributed by atoms with Crippen molar-refractivity contribution >= 4 is 5.91 Å². The van der Waals surface area contributed by atoms with Gasteiger partial charge in [-0.05, 0) is 13.3 Å². The van der Waals surface area contributed by atoms with E-state index in [2.05, 4.69) is 6.58 Å². The molecule has 13 heavy (non-hydrogen) atoms. The van der Waals surface area contributed by atoms with Crippen LogP contribution in [0.15, 0.2) is 12.2 Å². The van der Waals surface area contributed by atoms with Gasteiger partial charge < -0.3 is 10.6 Å². The first kappa shape index (κ1) is 12.2. The lowest BCUT2D eigenvalue weighted by Gasteiger charge is -2.20. The molecule has 0 unspecified atom stereocenters. The first-order valence-corrected chi connectivity index (χ1v) is 4.64. The summed E-state index contributed by atoms with van der Waals surface area (Å²) < 4.78 is 0. The highest BCUT2D eigenvalue weighted by molar-refractivity contribution is 5.81.